The molecular weight excluding hydrogens is 306 g/mol. The number of ether oxygens (including phenoxy) is 2. The first-order chi connectivity index (χ1) is 11.7. The van der Waals surface area contributed by atoms with Crippen molar-refractivity contribution in [1.29, 1.82) is 0 Å². The number of esters is 1. The fourth-order valence-corrected chi connectivity index (χ4v) is 2.01. The smallest absolute Gasteiger partial charge is 0.309 e. The third kappa shape index (κ3) is 6.12. The van der Waals surface area contributed by atoms with Crippen LogP contribution in [0.15, 0.2) is 54.6 Å². The molecule has 2 aromatic carbocycles. The zero-order valence-electron chi connectivity index (χ0n) is 13.7. The monoisotopic (exact) mass is 327 g/mol. The fraction of sp³-hybridized carbons (Fsp3) is 0.263. The van der Waals surface area contributed by atoms with Crippen molar-refractivity contribution in [2.24, 2.45) is 0 Å². The van der Waals surface area contributed by atoms with Crippen molar-refractivity contribution in [1.82, 2.24) is 0 Å². The molecule has 0 aliphatic heterocycles. The molecule has 2 aromatic rings. The molecule has 0 aromatic heterocycles. The minimum atomic E-state index is -0.470. The van der Waals surface area contributed by atoms with Gasteiger partial charge in [0.25, 0.3) is 5.91 Å². The van der Waals surface area contributed by atoms with Gasteiger partial charge in [-0.2, -0.15) is 0 Å². The van der Waals surface area contributed by atoms with Gasteiger partial charge < -0.3 is 14.8 Å². The number of anilines is 1. The summed E-state index contributed by atoms with van der Waals surface area (Å²) in [7, 11) is 0. The molecule has 0 aliphatic rings. The zero-order chi connectivity index (χ0) is 17.2. The van der Waals surface area contributed by atoms with Crippen LogP contribution in [0.1, 0.15) is 18.9 Å². The summed E-state index contributed by atoms with van der Waals surface area (Å²) < 4.78 is 10.3. The SMILES string of the molecule is CCc1ccc(NC(=O)COC(=O)CCOc2ccccc2)cc1. The van der Waals surface area contributed by atoms with Crippen LogP contribution in [-0.4, -0.2) is 25.1 Å². The third-order valence-electron chi connectivity index (χ3n) is 3.33. The highest BCUT2D eigenvalue weighted by atomic mass is 16.5. The summed E-state index contributed by atoms with van der Waals surface area (Å²) in [5.74, 6) is -0.141. The zero-order valence-corrected chi connectivity index (χ0v) is 13.7. The number of nitrogens with one attached hydrogen (secondary N) is 1. The number of carbonyl (C=O) groups is 2. The largest absolute Gasteiger partial charge is 0.493 e. The Kier molecular flexibility index (Phi) is 6.83. The Morgan fingerprint density at radius 3 is 2.38 bits per heavy atom. The molecule has 0 saturated carbocycles. The maximum atomic E-state index is 11.7. The number of rotatable bonds is 8. The van der Waals surface area contributed by atoms with Gasteiger partial charge in [0.15, 0.2) is 6.61 Å². The van der Waals surface area contributed by atoms with Crippen LogP contribution in [0, 0.1) is 0 Å². The highest BCUT2D eigenvalue weighted by Crippen LogP contribution is 2.10. The topological polar surface area (TPSA) is 64.6 Å². The molecule has 5 heteroatoms. The first kappa shape index (κ1) is 17.5. The highest BCUT2D eigenvalue weighted by Gasteiger charge is 2.08. The molecule has 0 bridgehead atoms. The van der Waals surface area contributed by atoms with Crippen LogP contribution >= 0.6 is 0 Å². The van der Waals surface area contributed by atoms with E-state index in [1.807, 2.05) is 54.6 Å². The van der Waals surface area contributed by atoms with Gasteiger partial charge in [0.2, 0.25) is 0 Å². The van der Waals surface area contributed by atoms with Crippen molar-refractivity contribution < 1.29 is 19.1 Å². The molecule has 0 radical (unpaired) electrons. The molecule has 0 unspecified atom stereocenters. The van der Waals surface area contributed by atoms with E-state index in [9.17, 15) is 9.59 Å². The molecule has 1 N–H and O–H groups in total. The minimum absolute atomic E-state index is 0.0906. The standard InChI is InChI=1S/C19H21NO4/c1-2-15-8-10-16(11-9-15)20-18(21)14-24-19(22)12-13-23-17-6-4-3-5-7-17/h3-11H,2,12-14H2,1H3,(H,20,21). The number of carbonyl (C=O) groups excluding carboxylic acids is 2. The second-order valence-electron chi connectivity index (χ2n) is 5.17. The van der Waals surface area contributed by atoms with Crippen molar-refractivity contribution in [2.75, 3.05) is 18.5 Å². The van der Waals surface area contributed by atoms with E-state index >= 15 is 0 Å². The fourth-order valence-electron chi connectivity index (χ4n) is 2.01. The van der Waals surface area contributed by atoms with Gasteiger partial charge in [0, 0.05) is 5.69 Å². The number of para-hydroxylation sites is 1. The van der Waals surface area contributed by atoms with Gasteiger partial charge in [-0.25, -0.2) is 0 Å². The van der Waals surface area contributed by atoms with Crippen LogP contribution in [-0.2, 0) is 20.7 Å². The number of benzene rings is 2. The Morgan fingerprint density at radius 1 is 1.00 bits per heavy atom. The molecule has 0 heterocycles. The van der Waals surface area contributed by atoms with E-state index in [0.717, 1.165) is 6.42 Å². The van der Waals surface area contributed by atoms with E-state index in [0.29, 0.717) is 11.4 Å². The van der Waals surface area contributed by atoms with Crippen molar-refractivity contribution in [3.63, 3.8) is 0 Å². The van der Waals surface area contributed by atoms with E-state index < -0.39 is 5.97 Å². The second-order valence-corrected chi connectivity index (χ2v) is 5.17. The molecule has 0 fully saturated rings. The van der Waals surface area contributed by atoms with Crippen LogP contribution in [0.2, 0.25) is 0 Å². The van der Waals surface area contributed by atoms with Crippen molar-refractivity contribution in [3.8, 4) is 5.75 Å². The Hall–Kier alpha value is -2.82. The number of hydrogen-bond donors (Lipinski definition) is 1. The predicted octanol–water partition coefficient (Wildman–Crippen LogP) is 3.20. The summed E-state index contributed by atoms with van der Waals surface area (Å²) in [6, 6.07) is 16.8. The highest BCUT2D eigenvalue weighted by molar-refractivity contribution is 5.92. The minimum Gasteiger partial charge on any atom is -0.493 e. The lowest BCUT2D eigenvalue weighted by atomic mass is 10.1. The van der Waals surface area contributed by atoms with E-state index in [4.69, 9.17) is 9.47 Å². The van der Waals surface area contributed by atoms with Crippen molar-refractivity contribution in [2.45, 2.75) is 19.8 Å². The number of amides is 1. The summed E-state index contributed by atoms with van der Waals surface area (Å²) in [5.41, 5.74) is 1.87. The van der Waals surface area contributed by atoms with Crippen LogP contribution in [0.3, 0.4) is 0 Å². The molecule has 2 rings (SSSR count). The third-order valence-corrected chi connectivity index (χ3v) is 3.33. The molecule has 0 spiro atoms. The van der Waals surface area contributed by atoms with E-state index in [1.165, 1.54) is 5.56 Å². The van der Waals surface area contributed by atoms with Crippen LogP contribution in [0.25, 0.3) is 0 Å². The van der Waals surface area contributed by atoms with Gasteiger partial charge in [-0.15, -0.1) is 0 Å². The summed E-state index contributed by atoms with van der Waals surface area (Å²) in [6.45, 7) is 1.97. The Bertz CT molecular complexity index is 653. The van der Waals surface area contributed by atoms with E-state index in [1.54, 1.807) is 0 Å². The average molecular weight is 327 g/mol. The molecule has 0 saturated heterocycles. The van der Waals surface area contributed by atoms with E-state index in [-0.39, 0.29) is 25.5 Å². The van der Waals surface area contributed by atoms with Crippen LogP contribution < -0.4 is 10.1 Å². The number of aryl methyl sites for hydroxylation is 1. The maximum Gasteiger partial charge on any atom is 0.309 e. The quantitative estimate of drug-likeness (QED) is 0.756. The summed E-state index contributed by atoms with van der Waals surface area (Å²) in [5, 5.41) is 2.68. The summed E-state index contributed by atoms with van der Waals surface area (Å²) in [6.07, 6.45) is 1.03. The summed E-state index contributed by atoms with van der Waals surface area (Å²) >= 11 is 0. The lowest BCUT2D eigenvalue weighted by molar-refractivity contribution is -0.147. The molecule has 126 valence electrons. The van der Waals surface area contributed by atoms with E-state index in [2.05, 4.69) is 12.2 Å². The molecular formula is C19H21NO4. The first-order valence-electron chi connectivity index (χ1n) is 7.89. The van der Waals surface area contributed by atoms with Gasteiger partial charge in [0.05, 0.1) is 13.0 Å². The molecule has 0 atom stereocenters. The normalized spacial score (nSPS) is 10.0. The van der Waals surface area contributed by atoms with Crippen LogP contribution in [0.4, 0.5) is 5.69 Å². The molecule has 24 heavy (non-hydrogen) atoms. The van der Waals surface area contributed by atoms with Gasteiger partial charge >= 0.3 is 5.97 Å². The molecule has 1 amide bonds. The lowest BCUT2D eigenvalue weighted by Crippen LogP contribution is -2.21. The lowest BCUT2D eigenvalue weighted by Gasteiger charge is -2.08. The summed E-state index contributed by atoms with van der Waals surface area (Å²) in [4.78, 5) is 23.3. The Balaban J connectivity index is 1.64. The Morgan fingerprint density at radius 2 is 1.71 bits per heavy atom. The van der Waals surface area contributed by atoms with Crippen LogP contribution in [0.5, 0.6) is 5.75 Å². The molecule has 5 nitrogen and oxygen atoms in total. The van der Waals surface area contributed by atoms with Gasteiger partial charge in [0.1, 0.15) is 5.75 Å². The first-order valence-corrected chi connectivity index (χ1v) is 7.89. The van der Waals surface area contributed by atoms with Crippen molar-refractivity contribution >= 4 is 17.6 Å². The predicted molar refractivity (Wildman–Crippen MR) is 92.0 cm³/mol. The molecule has 0 aliphatic carbocycles. The van der Waals surface area contributed by atoms with Gasteiger partial charge in [-0.3, -0.25) is 9.59 Å². The van der Waals surface area contributed by atoms with Crippen molar-refractivity contribution in [3.05, 3.63) is 60.2 Å². The second kappa shape index (κ2) is 9.35. The Labute approximate surface area is 141 Å². The average Bonchev–Trinajstić information content (AvgIpc) is 2.61. The van der Waals surface area contributed by atoms with Gasteiger partial charge in [-0.05, 0) is 36.2 Å². The number of hydrogen-bond acceptors (Lipinski definition) is 4. The maximum absolute atomic E-state index is 11.7. The van der Waals surface area contributed by atoms with Gasteiger partial charge in [-0.1, -0.05) is 37.3 Å².